The van der Waals surface area contributed by atoms with E-state index in [-0.39, 0.29) is 12.5 Å². The van der Waals surface area contributed by atoms with Crippen LogP contribution in [-0.4, -0.2) is 35.1 Å². The van der Waals surface area contributed by atoms with E-state index in [4.69, 9.17) is 9.52 Å². The lowest BCUT2D eigenvalue weighted by Crippen LogP contribution is -2.35. The van der Waals surface area contributed by atoms with Crippen LogP contribution >= 0.6 is 0 Å². The van der Waals surface area contributed by atoms with E-state index >= 15 is 0 Å². The van der Waals surface area contributed by atoms with E-state index in [0.717, 1.165) is 38.0 Å². The Balaban J connectivity index is 1.80. The van der Waals surface area contributed by atoms with Crippen LogP contribution in [0, 0.1) is 0 Å². The van der Waals surface area contributed by atoms with Gasteiger partial charge in [0.25, 0.3) is 0 Å². The molecule has 1 aromatic rings. The molecule has 1 fully saturated rings. The van der Waals surface area contributed by atoms with Gasteiger partial charge in [-0.15, -0.1) is 0 Å². The summed E-state index contributed by atoms with van der Waals surface area (Å²) in [5.74, 6) is 1.08. The normalized spacial score (nSPS) is 19.4. The van der Waals surface area contributed by atoms with Gasteiger partial charge in [0.2, 0.25) is 5.91 Å². The molecule has 4 heteroatoms. The zero-order valence-electron chi connectivity index (χ0n) is 10.7. The molecule has 1 aromatic heterocycles. The van der Waals surface area contributed by atoms with Gasteiger partial charge >= 0.3 is 0 Å². The van der Waals surface area contributed by atoms with Gasteiger partial charge in [-0.1, -0.05) is 0 Å². The number of carbonyl (C=O) groups is 1. The molecule has 1 aliphatic rings. The van der Waals surface area contributed by atoms with Gasteiger partial charge in [-0.25, -0.2) is 0 Å². The number of rotatable bonds is 6. The molecular formula is C14H21NO3. The Labute approximate surface area is 108 Å². The molecule has 0 aromatic carbocycles. The van der Waals surface area contributed by atoms with Crippen molar-refractivity contribution >= 4 is 5.91 Å². The fourth-order valence-corrected chi connectivity index (χ4v) is 2.62. The molecule has 1 amide bonds. The summed E-state index contributed by atoms with van der Waals surface area (Å²) in [7, 11) is 0. The summed E-state index contributed by atoms with van der Waals surface area (Å²) in [4.78, 5) is 14.1. The van der Waals surface area contributed by atoms with Crippen molar-refractivity contribution < 1.29 is 14.3 Å². The molecule has 0 saturated carbocycles. The number of carbonyl (C=O) groups excluding carboxylic acids is 1. The number of hydrogen-bond acceptors (Lipinski definition) is 3. The molecular weight excluding hydrogens is 230 g/mol. The number of aryl methyl sites for hydroxylation is 1. The third-order valence-corrected chi connectivity index (χ3v) is 3.56. The summed E-state index contributed by atoms with van der Waals surface area (Å²) >= 11 is 0. The van der Waals surface area contributed by atoms with E-state index in [1.54, 1.807) is 6.26 Å². The standard InChI is InChI=1S/C14H21NO3/c16-10-2-5-12-4-1-9-15(12)14(17)8-7-13-6-3-11-18-13/h3,6,11-12,16H,1-2,4-5,7-10H2. The van der Waals surface area contributed by atoms with Crippen molar-refractivity contribution in [2.45, 2.75) is 44.6 Å². The molecule has 18 heavy (non-hydrogen) atoms. The van der Waals surface area contributed by atoms with Crippen LogP contribution in [0.2, 0.25) is 0 Å². The summed E-state index contributed by atoms with van der Waals surface area (Å²) in [5, 5.41) is 8.86. The number of aliphatic hydroxyl groups is 1. The first kappa shape index (κ1) is 13.1. The lowest BCUT2D eigenvalue weighted by molar-refractivity contribution is -0.132. The second kappa shape index (κ2) is 6.59. The largest absolute Gasteiger partial charge is 0.469 e. The van der Waals surface area contributed by atoms with Crippen LogP contribution in [0.4, 0.5) is 0 Å². The SMILES string of the molecule is O=C(CCc1ccco1)N1CCCC1CCCO. The van der Waals surface area contributed by atoms with Crippen LogP contribution in [0.1, 0.15) is 37.9 Å². The molecule has 0 aliphatic carbocycles. The first-order valence-corrected chi connectivity index (χ1v) is 6.74. The third-order valence-electron chi connectivity index (χ3n) is 3.56. The number of aliphatic hydroxyl groups excluding tert-OH is 1. The molecule has 2 heterocycles. The number of amides is 1. The molecule has 1 saturated heterocycles. The molecule has 1 N–H and O–H groups in total. The fourth-order valence-electron chi connectivity index (χ4n) is 2.62. The monoisotopic (exact) mass is 251 g/mol. The highest BCUT2D eigenvalue weighted by molar-refractivity contribution is 5.77. The predicted molar refractivity (Wildman–Crippen MR) is 68.1 cm³/mol. The summed E-state index contributed by atoms with van der Waals surface area (Å²) in [5.41, 5.74) is 0. The maximum Gasteiger partial charge on any atom is 0.223 e. The van der Waals surface area contributed by atoms with Crippen LogP contribution in [0.15, 0.2) is 22.8 Å². The number of nitrogens with zero attached hydrogens (tertiary/aromatic N) is 1. The highest BCUT2D eigenvalue weighted by Crippen LogP contribution is 2.22. The number of likely N-dealkylation sites (tertiary alicyclic amines) is 1. The van der Waals surface area contributed by atoms with Crippen LogP contribution in [0.25, 0.3) is 0 Å². The van der Waals surface area contributed by atoms with E-state index in [1.807, 2.05) is 17.0 Å². The van der Waals surface area contributed by atoms with Gasteiger partial charge in [0.15, 0.2) is 0 Å². The lowest BCUT2D eigenvalue weighted by atomic mass is 10.1. The van der Waals surface area contributed by atoms with Crippen LogP contribution < -0.4 is 0 Å². The number of furan rings is 1. The zero-order valence-corrected chi connectivity index (χ0v) is 10.7. The Morgan fingerprint density at radius 3 is 3.17 bits per heavy atom. The van der Waals surface area contributed by atoms with Gasteiger partial charge in [0, 0.05) is 32.0 Å². The third kappa shape index (κ3) is 3.35. The maximum absolute atomic E-state index is 12.1. The van der Waals surface area contributed by atoms with E-state index in [1.165, 1.54) is 0 Å². The van der Waals surface area contributed by atoms with E-state index < -0.39 is 0 Å². The maximum atomic E-state index is 12.1. The Morgan fingerprint density at radius 2 is 2.44 bits per heavy atom. The average molecular weight is 251 g/mol. The molecule has 0 bridgehead atoms. The molecule has 1 atom stereocenters. The van der Waals surface area contributed by atoms with Gasteiger partial charge in [0.05, 0.1) is 6.26 Å². The predicted octanol–water partition coefficient (Wildman–Crippen LogP) is 1.98. The molecule has 0 radical (unpaired) electrons. The van der Waals surface area contributed by atoms with Crippen LogP contribution in [0.3, 0.4) is 0 Å². The summed E-state index contributed by atoms with van der Waals surface area (Å²) in [6.45, 7) is 1.08. The minimum absolute atomic E-state index is 0.213. The second-order valence-electron chi connectivity index (χ2n) is 4.83. The Kier molecular flexibility index (Phi) is 4.81. The minimum atomic E-state index is 0.213. The van der Waals surface area contributed by atoms with E-state index in [0.29, 0.717) is 18.9 Å². The van der Waals surface area contributed by atoms with Crippen molar-refractivity contribution in [2.75, 3.05) is 13.2 Å². The van der Waals surface area contributed by atoms with Gasteiger partial charge in [-0.2, -0.15) is 0 Å². The summed E-state index contributed by atoms with van der Waals surface area (Å²) in [6.07, 6.45) is 6.70. The molecule has 4 nitrogen and oxygen atoms in total. The summed E-state index contributed by atoms with van der Waals surface area (Å²) in [6, 6.07) is 4.08. The minimum Gasteiger partial charge on any atom is -0.469 e. The quantitative estimate of drug-likeness (QED) is 0.841. The molecule has 0 spiro atoms. The van der Waals surface area contributed by atoms with Gasteiger partial charge < -0.3 is 14.4 Å². The molecule has 2 rings (SSSR count). The Bertz CT molecular complexity index is 361. The molecule has 1 unspecified atom stereocenters. The second-order valence-corrected chi connectivity index (χ2v) is 4.83. The van der Waals surface area contributed by atoms with Crippen molar-refractivity contribution in [3.05, 3.63) is 24.2 Å². The lowest BCUT2D eigenvalue weighted by Gasteiger charge is -2.24. The first-order valence-electron chi connectivity index (χ1n) is 6.74. The molecule has 100 valence electrons. The van der Waals surface area contributed by atoms with E-state index in [9.17, 15) is 4.79 Å². The van der Waals surface area contributed by atoms with Crippen molar-refractivity contribution in [3.8, 4) is 0 Å². The average Bonchev–Trinajstić information content (AvgIpc) is 3.04. The highest BCUT2D eigenvalue weighted by Gasteiger charge is 2.27. The molecule has 1 aliphatic heterocycles. The zero-order chi connectivity index (χ0) is 12.8. The van der Waals surface area contributed by atoms with Gasteiger partial charge in [0.1, 0.15) is 5.76 Å². The van der Waals surface area contributed by atoms with Crippen LogP contribution in [0.5, 0.6) is 0 Å². The van der Waals surface area contributed by atoms with Crippen molar-refractivity contribution in [3.63, 3.8) is 0 Å². The first-order chi connectivity index (χ1) is 8.81. The van der Waals surface area contributed by atoms with Crippen molar-refractivity contribution in [2.24, 2.45) is 0 Å². The highest BCUT2D eigenvalue weighted by atomic mass is 16.3. The van der Waals surface area contributed by atoms with Crippen molar-refractivity contribution in [1.82, 2.24) is 4.90 Å². The van der Waals surface area contributed by atoms with Gasteiger partial charge in [-0.3, -0.25) is 4.79 Å². The van der Waals surface area contributed by atoms with Gasteiger partial charge in [-0.05, 0) is 37.8 Å². The fraction of sp³-hybridized carbons (Fsp3) is 0.643. The Hall–Kier alpha value is -1.29. The summed E-state index contributed by atoms with van der Waals surface area (Å²) < 4.78 is 5.23. The smallest absolute Gasteiger partial charge is 0.223 e. The topological polar surface area (TPSA) is 53.7 Å². The van der Waals surface area contributed by atoms with E-state index in [2.05, 4.69) is 0 Å². The van der Waals surface area contributed by atoms with Crippen molar-refractivity contribution in [1.29, 1.82) is 0 Å². The number of hydrogen-bond donors (Lipinski definition) is 1. The Morgan fingerprint density at radius 1 is 1.56 bits per heavy atom. The van der Waals surface area contributed by atoms with Crippen LogP contribution in [-0.2, 0) is 11.2 Å².